The largest absolute Gasteiger partial charge is 0.452 e. The molecule has 0 bridgehead atoms. The van der Waals surface area contributed by atoms with Gasteiger partial charge < -0.3 is 9.64 Å². The van der Waals surface area contributed by atoms with Crippen LogP contribution < -0.4 is 4.90 Å². The fraction of sp³-hybridized carbons (Fsp3) is 0.250. The predicted octanol–water partition coefficient (Wildman–Crippen LogP) is 4.29. The van der Waals surface area contributed by atoms with Gasteiger partial charge in [0, 0.05) is 11.7 Å². The molecule has 0 aliphatic carbocycles. The molecule has 2 atom stereocenters. The molecular weight excluding hydrogens is 350 g/mol. The van der Waals surface area contributed by atoms with Crippen molar-refractivity contribution in [3.63, 3.8) is 0 Å². The Bertz CT molecular complexity index is 1040. The molecule has 1 aliphatic rings. The van der Waals surface area contributed by atoms with Crippen molar-refractivity contribution < 1.29 is 14.3 Å². The SMILES string of the molecule is C[C@@H](OC(=O)Cc1cccc2ccccc12)C(=O)N1c2ccccc2C[C@@H]1C. The van der Waals surface area contributed by atoms with Crippen LogP contribution in [0.25, 0.3) is 10.8 Å². The normalized spacial score (nSPS) is 16.6. The summed E-state index contributed by atoms with van der Waals surface area (Å²) in [5, 5.41) is 2.11. The van der Waals surface area contributed by atoms with Crippen molar-refractivity contribution in [1.82, 2.24) is 0 Å². The van der Waals surface area contributed by atoms with Crippen LogP contribution in [0, 0.1) is 0 Å². The van der Waals surface area contributed by atoms with E-state index < -0.39 is 12.1 Å². The topological polar surface area (TPSA) is 46.6 Å². The summed E-state index contributed by atoms with van der Waals surface area (Å²) in [6.07, 6.45) is 0.139. The van der Waals surface area contributed by atoms with Crippen molar-refractivity contribution in [1.29, 1.82) is 0 Å². The molecule has 0 fully saturated rings. The Labute approximate surface area is 164 Å². The van der Waals surface area contributed by atoms with Crippen LogP contribution in [0.5, 0.6) is 0 Å². The number of benzene rings is 3. The summed E-state index contributed by atoms with van der Waals surface area (Å²) in [4.78, 5) is 27.2. The molecule has 4 heteroatoms. The number of esters is 1. The van der Waals surface area contributed by atoms with Gasteiger partial charge in [0.25, 0.3) is 5.91 Å². The van der Waals surface area contributed by atoms with Crippen LogP contribution in [-0.4, -0.2) is 24.0 Å². The minimum Gasteiger partial charge on any atom is -0.452 e. The second-order valence-corrected chi connectivity index (χ2v) is 7.34. The van der Waals surface area contributed by atoms with Crippen molar-refractivity contribution in [3.8, 4) is 0 Å². The van der Waals surface area contributed by atoms with Crippen LogP contribution in [0.15, 0.2) is 66.7 Å². The number of fused-ring (bicyclic) bond motifs is 2. The van der Waals surface area contributed by atoms with Crippen LogP contribution in [0.4, 0.5) is 5.69 Å². The first-order chi connectivity index (χ1) is 13.5. The zero-order valence-electron chi connectivity index (χ0n) is 16.1. The van der Waals surface area contributed by atoms with Gasteiger partial charge in [-0.15, -0.1) is 0 Å². The molecule has 0 N–H and O–H groups in total. The highest BCUT2D eigenvalue weighted by molar-refractivity contribution is 6.00. The molecule has 4 rings (SSSR count). The van der Waals surface area contributed by atoms with Gasteiger partial charge in [-0.2, -0.15) is 0 Å². The Morgan fingerprint density at radius 2 is 1.75 bits per heavy atom. The van der Waals surface area contributed by atoms with E-state index in [9.17, 15) is 9.59 Å². The minimum atomic E-state index is -0.823. The lowest BCUT2D eigenvalue weighted by molar-refractivity contribution is -0.153. The van der Waals surface area contributed by atoms with Gasteiger partial charge in [0.2, 0.25) is 0 Å². The lowest BCUT2D eigenvalue weighted by Gasteiger charge is -2.26. The van der Waals surface area contributed by atoms with Crippen LogP contribution in [-0.2, 0) is 27.2 Å². The van der Waals surface area contributed by atoms with E-state index in [-0.39, 0.29) is 18.4 Å². The average molecular weight is 373 g/mol. The van der Waals surface area contributed by atoms with E-state index in [1.807, 2.05) is 73.7 Å². The molecule has 0 aromatic heterocycles. The first-order valence-corrected chi connectivity index (χ1v) is 9.61. The van der Waals surface area contributed by atoms with Gasteiger partial charge in [-0.05, 0) is 48.2 Å². The summed E-state index contributed by atoms with van der Waals surface area (Å²) in [6, 6.07) is 21.8. The second kappa shape index (κ2) is 7.47. The smallest absolute Gasteiger partial charge is 0.311 e. The molecule has 142 valence electrons. The number of hydrogen-bond donors (Lipinski definition) is 0. The van der Waals surface area contributed by atoms with Crippen molar-refractivity contribution in [3.05, 3.63) is 77.9 Å². The average Bonchev–Trinajstić information content (AvgIpc) is 3.03. The van der Waals surface area contributed by atoms with E-state index in [0.29, 0.717) is 0 Å². The maximum absolute atomic E-state index is 13.0. The summed E-state index contributed by atoms with van der Waals surface area (Å²) in [6.45, 7) is 3.67. The molecule has 1 amide bonds. The summed E-state index contributed by atoms with van der Waals surface area (Å²) in [5.41, 5.74) is 2.97. The van der Waals surface area contributed by atoms with E-state index in [4.69, 9.17) is 4.74 Å². The third-order valence-corrected chi connectivity index (χ3v) is 5.32. The minimum absolute atomic E-state index is 0.0594. The highest BCUT2D eigenvalue weighted by Crippen LogP contribution is 2.32. The third kappa shape index (κ3) is 3.38. The number of carbonyl (C=O) groups excluding carboxylic acids is 2. The molecule has 0 saturated heterocycles. The number of anilines is 1. The maximum atomic E-state index is 13.0. The predicted molar refractivity (Wildman–Crippen MR) is 110 cm³/mol. The van der Waals surface area contributed by atoms with Gasteiger partial charge in [0.15, 0.2) is 6.10 Å². The van der Waals surface area contributed by atoms with Crippen molar-refractivity contribution >= 4 is 28.3 Å². The molecule has 0 spiro atoms. The van der Waals surface area contributed by atoms with E-state index in [1.165, 1.54) is 0 Å². The monoisotopic (exact) mass is 373 g/mol. The number of para-hydroxylation sites is 1. The maximum Gasteiger partial charge on any atom is 0.311 e. The van der Waals surface area contributed by atoms with Crippen LogP contribution in [0.1, 0.15) is 25.0 Å². The summed E-state index contributed by atoms with van der Waals surface area (Å²) in [5.74, 6) is -0.568. The summed E-state index contributed by atoms with van der Waals surface area (Å²) < 4.78 is 5.51. The fourth-order valence-electron chi connectivity index (χ4n) is 3.99. The molecule has 3 aromatic carbocycles. The zero-order chi connectivity index (χ0) is 19.7. The standard InChI is InChI=1S/C24H23NO3/c1-16-14-20-9-4-6-13-22(20)25(16)24(27)17(2)28-23(26)15-19-11-7-10-18-8-3-5-12-21(18)19/h3-13,16-17H,14-15H2,1-2H3/t16-,17+/m0/s1. The molecule has 28 heavy (non-hydrogen) atoms. The fourth-order valence-corrected chi connectivity index (χ4v) is 3.99. The second-order valence-electron chi connectivity index (χ2n) is 7.34. The number of hydrogen-bond acceptors (Lipinski definition) is 3. The van der Waals surface area contributed by atoms with Gasteiger partial charge in [-0.25, -0.2) is 0 Å². The summed E-state index contributed by atoms with van der Waals surface area (Å²) >= 11 is 0. The molecule has 1 heterocycles. The van der Waals surface area contributed by atoms with Gasteiger partial charge in [-0.3, -0.25) is 9.59 Å². The van der Waals surface area contributed by atoms with Crippen LogP contribution in [0.2, 0.25) is 0 Å². The van der Waals surface area contributed by atoms with E-state index >= 15 is 0 Å². The zero-order valence-corrected chi connectivity index (χ0v) is 16.1. The van der Waals surface area contributed by atoms with Crippen molar-refractivity contribution in [2.75, 3.05) is 4.90 Å². The molecule has 0 unspecified atom stereocenters. The van der Waals surface area contributed by atoms with E-state index in [0.717, 1.165) is 34.0 Å². The van der Waals surface area contributed by atoms with Crippen molar-refractivity contribution in [2.45, 2.75) is 38.8 Å². The van der Waals surface area contributed by atoms with E-state index in [2.05, 4.69) is 0 Å². The molecular formula is C24H23NO3. The van der Waals surface area contributed by atoms with Gasteiger partial charge >= 0.3 is 5.97 Å². The molecule has 1 aliphatic heterocycles. The van der Waals surface area contributed by atoms with Gasteiger partial charge in [0.1, 0.15) is 0 Å². The number of ether oxygens (including phenoxy) is 1. The Balaban J connectivity index is 1.47. The molecule has 3 aromatic rings. The Morgan fingerprint density at radius 3 is 2.61 bits per heavy atom. The Morgan fingerprint density at radius 1 is 1.04 bits per heavy atom. The van der Waals surface area contributed by atoms with Crippen LogP contribution in [0.3, 0.4) is 0 Å². The quantitative estimate of drug-likeness (QED) is 0.641. The third-order valence-electron chi connectivity index (χ3n) is 5.32. The van der Waals surface area contributed by atoms with E-state index in [1.54, 1.807) is 11.8 Å². The number of rotatable bonds is 4. The lowest BCUT2D eigenvalue weighted by atomic mass is 10.0. The number of nitrogens with zero attached hydrogens (tertiary/aromatic N) is 1. The highest BCUT2D eigenvalue weighted by atomic mass is 16.5. The highest BCUT2D eigenvalue weighted by Gasteiger charge is 2.34. The first kappa shape index (κ1) is 18.2. The lowest BCUT2D eigenvalue weighted by Crippen LogP contribution is -2.43. The van der Waals surface area contributed by atoms with Gasteiger partial charge in [-0.1, -0.05) is 60.7 Å². The first-order valence-electron chi connectivity index (χ1n) is 9.61. The summed E-state index contributed by atoms with van der Waals surface area (Å²) in [7, 11) is 0. The number of amides is 1. The molecule has 4 nitrogen and oxygen atoms in total. The molecule has 0 saturated carbocycles. The van der Waals surface area contributed by atoms with Crippen molar-refractivity contribution in [2.24, 2.45) is 0 Å². The van der Waals surface area contributed by atoms with Crippen LogP contribution >= 0.6 is 0 Å². The van der Waals surface area contributed by atoms with Gasteiger partial charge in [0.05, 0.1) is 6.42 Å². The Kier molecular flexibility index (Phi) is 4.86. The Hall–Kier alpha value is -3.14. The number of carbonyl (C=O) groups is 2. The molecule has 0 radical (unpaired) electrons.